The number of amides is 1. The molecule has 0 aliphatic heterocycles. The first-order valence-electron chi connectivity index (χ1n) is 9.15. The molecule has 0 spiro atoms. The SMILES string of the molecule is CCOC(=O)c1cc(NC(=O)OC(C)(C)C)n(CCOCc2ccccc2)n1. The standard InChI is InChI=1S/C20H27N3O5/c1-5-27-18(24)16-13-17(21-19(25)28-20(2,3)4)23(22-16)11-12-26-14-15-9-7-6-8-10-15/h6-10,13H,5,11-12,14H2,1-4H3,(H,21,25). The predicted molar refractivity (Wildman–Crippen MR) is 104 cm³/mol. The van der Waals surface area contributed by atoms with Crippen molar-refractivity contribution < 1.29 is 23.8 Å². The molecule has 0 saturated heterocycles. The Labute approximate surface area is 164 Å². The highest BCUT2D eigenvalue weighted by molar-refractivity contribution is 5.90. The average Bonchev–Trinajstić information content (AvgIpc) is 3.01. The largest absolute Gasteiger partial charge is 0.461 e. The predicted octanol–water partition coefficient (Wildman–Crippen LogP) is 3.62. The van der Waals surface area contributed by atoms with E-state index in [9.17, 15) is 9.59 Å². The van der Waals surface area contributed by atoms with Crippen molar-refractivity contribution in [1.29, 1.82) is 0 Å². The van der Waals surface area contributed by atoms with E-state index in [-0.39, 0.29) is 12.3 Å². The molecule has 152 valence electrons. The van der Waals surface area contributed by atoms with E-state index in [1.54, 1.807) is 27.7 Å². The van der Waals surface area contributed by atoms with Crippen molar-refractivity contribution in [2.45, 2.75) is 46.4 Å². The number of ether oxygens (including phenoxy) is 3. The van der Waals surface area contributed by atoms with Crippen LogP contribution in [0.15, 0.2) is 36.4 Å². The van der Waals surface area contributed by atoms with E-state index < -0.39 is 17.7 Å². The smallest absolute Gasteiger partial charge is 0.413 e. The summed E-state index contributed by atoms with van der Waals surface area (Å²) in [7, 11) is 0. The second-order valence-corrected chi connectivity index (χ2v) is 7.02. The summed E-state index contributed by atoms with van der Waals surface area (Å²) in [6.07, 6.45) is -0.630. The Kier molecular flexibility index (Phi) is 7.57. The van der Waals surface area contributed by atoms with E-state index in [0.717, 1.165) is 5.56 Å². The number of hydrogen-bond donors (Lipinski definition) is 1. The molecule has 0 aliphatic carbocycles. The van der Waals surface area contributed by atoms with E-state index >= 15 is 0 Å². The van der Waals surface area contributed by atoms with Crippen molar-refractivity contribution >= 4 is 17.9 Å². The molecule has 1 amide bonds. The van der Waals surface area contributed by atoms with Gasteiger partial charge in [0.1, 0.15) is 11.4 Å². The first-order chi connectivity index (χ1) is 13.3. The van der Waals surface area contributed by atoms with E-state index in [2.05, 4.69) is 10.4 Å². The highest BCUT2D eigenvalue weighted by Crippen LogP contribution is 2.15. The van der Waals surface area contributed by atoms with Crippen LogP contribution in [-0.4, -0.2) is 40.7 Å². The Morgan fingerprint density at radius 2 is 1.89 bits per heavy atom. The van der Waals surface area contributed by atoms with Gasteiger partial charge < -0.3 is 14.2 Å². The highest BCUT2D eigenvalue weighted by Gasteiger charge is 2.20. The number of nitrogens with one attached hydrogen (secondary N) is 1. The molecule has 8 heteroatoms. The lowest BCUT2D eigenvalue weighted by atomic mass is 10.2. The minimum absolute atomic E-state index is 0.107. The number of carbonyl (C=O) groups excluding carboxylic acids is 2. The van der Waals surface area contributed by atoms with Crippen LogP contribution in [0.5, 0.6) is 0 Å². The quantitative estimate of drug-likeness (QED) is 0.548. The van der Waals surface area contributed by atoms with Gasteiger partial charge in [0.2, 0.25) is 0 Å². The molecule has 28 heavy (non-hydrogen) atoms. The first-order valence-corrected chi connectivity index (χ1v) is 9.15. The number of esters is 1. The van der Waals surface area contributed by atoms with Crippen LogP contribution in [0.25, 0.3) is 0 Å². The summed E-state index contributed by atoms with van der Waals surface area (Å²) in [5, 5.41) is 6.83. The van der Waals surface area contributed by atoms with Crippen molar-refractivity contribution in [3.05, 3.63) is 47.7 Å². The second kappa shape index (κ2) is 9.89. The zero-order valence-corrected chi connectivity index (χ0v) is 16.7. The number of anilines is 1. The van der Waals surface area contributed by atoms with Gasteiger partial charge in [-0.2, -0.15) is 5.10 Å². The first kappa shape index (κ1) is 21.4. The summed E-state index contributed by atoms with van der Waals surface area (Å²) in [6.45, 7) is 8.41. The zero-order chi connectivity index (χ0) is 20.6. The van der Waals surface area contributed by atoms with E-state index in [1.165, 1.54) is 10.7 Å². The van der Waals surface area contributed by atoms with Crippen LogP contribution in [0, 0.1) is 0 Å². The van der Waals surface area contributed by atoms with Gasteiger partial charge in [0, 0.05) is 6.07 Å². The summed E-state index contributed by atoms with van der Waals surface area (Å²) in [6, 6.07) is 11.2. The monoisotopic (exact) mass is 389 g/mol. The Hall–Kier alpha value is -2.87. The van der Waals surface area contributed by atoms with Crippen LogP contribution < -0.4 is 5.32 Å². The van der Waals surface area contributed by atoms with Gasteiger partial charge in [-0.05, 0) is 33.3 Å². The fraction of sp³-hybridized carbons (Fsp3) is 0.450. The molecule has 2 aromatic rings. The lowest BCUT2D eigenvalue weighted by Gasteiger charge is -2.19. The van der Waals surface area contributed by atoms with E-state index in [1.807, 2.05) is 30.3 Å². The normalized spacial score (nSPS) is 11.1. The van der Waals surface area contributed by atoms with Gasteiger partial charge >= 0.3 is 12.1 Å². The third-order valence-electron chi connectivity index (χ3n) is 3.45. The number of rotatable bonds is 8. The van der Waals surface area contributed by atoms with Crippen molar-refractivity contribution in [3.8, 4) is 0 Å². The Morgan fingerprint density at radius 3 is 2.54 bits per heavy atom. The van der Waals surface area contributed by atoms with Crippen LogP contribution >= 0.6 is 0 Å². The van der Waals surface area contributed by atoms with Crippen LogP contribution in [0.1, 0.15) is 43.7 Å². The fourth-order valence-electron chi connectivity index (χ4n) is 2.32. The topological polar surface area (TPSA) is 91.7 Å². The maximum Gasteiger partial charge on any atom is 0.413 e. The van der Waals surface area contributed by atoms with Crippen LogP contribution in [0.2, 0.25) is 0 Å². The highest BCUT2D eigenvalue weighted by atomic mass is 16.6. The average molecular weight is 389 g/mol. The molecular weight excluding hydrogens is 362 g/mol. The van der Waals surface area contributed by atoms with E-state index in [0.29, 0.717) is 25.6 Å². The molecule has 0 fully saturated rings. The minimum Gasteiger partial charge on any atom is -0.461 e. The summed E-state index contributed by atoms with van der Waals surface area (Å²) in [5.74, 6) is -0.223. The Bertz CT molecular complexity index is 781. The number of nitrogens with zero attached hydrogens (tertiary/aromatic N) is 2. The zero-order valence-electron chi connectivity index (χ0n) is 16.7. The summed E-state index contributed by atoms with van der Waals surface area (Å²) in [4.78, 5) is 24.0. The lowest BCUT2D eigenvalue weighted by Crippen LogP contribution is -2.28. The molecular formula is C20H27N3O5. The molecule has 0 unspecified atom stereocenters. The van der Waals surface area contributed by atoms with Crippen molar-refractivity contribution in [2.75, 3.05) is 18.5 Å². The van der Waals surface area contributed by atoms with Gasteiger partial charge in [-0.15, -0.1) is 0 Å². The van der Waals surface area contributed by atoms with Gasteiger partial charge in [-0.25, -0.2) is 14.3 Å². The summed E-state index contributed by atoms with van der Waals surface area (Å²) < 4.78 is 17.4. The Morgan fingerprint density at radius 1 is 1.18 bits per heavy atom. The summed E-state index contributed by atoms with van der Waals surface area (Å²) >= 11 is 0. The van der Waals surface area contributed by atoms with Crippen LogP contribution in [0.3, 0.4) is 0 Å². The molecule has 8 nitrogen and oxygen atoms in total. The van der Waals surface area contributed by atoms with Gasteiger partial charge in [0.15, 0.2) is 5.69 Å². The summed E-state index contributed by atoms with van der Waals surface area (Å²) in [5.41, 5.74) is 0.524. The maximum absolute atomic E-state index is 12.1. The van der Waals surface area contributed by atoms with Crippen molar-refractivity contribution in [1.82, 2.24) is 9.78 Å². The lowest BCUT2D eigenvalue weighted by molar-refractivity contribution is 0.0516. The molecule has 0 radical (unpaired) electrons. The third kappa shape index (κ3) is 7.03. The number of benzene rings is 1. The number of aromatic nitrogens is 2. The fourth-order valence-corrected chi connectivity index (χ4v) is 2.32. The molecule has 1 heterocycles. The molecule has 0 bridgehead atoms. The second-order valence-electron chi connectivity index (χ2n) is 7.02. The molecule has 1 N–H and O–H groups in total. The molecule has 1 aromatic carbocycles. The molecule has 2 rings (SSSR count). The van der Waals surface area contributed by atoms with Gasteiger partial charge in [-0.3, -0.25) is 5.32 Å². The van der Waals surface area contributed by atoms with E-state index in [4.69, 9.17) is 14.2 Å². The van der Waals surface area contributed by atoms with Gasteiger partial charge in [-0.1, -0.05) is 30.3 Å². The number of carbonyl (C=O) groups is 2. The third-order valence-corrected chi connectivity index (χ3v) is 3.45. The maximum atomic E-state index is 12.1. The van der Waals surface area contributed by atoms with Crippen molar-refractivity contribution in [3.63, 3.8) is 0 Å². The molecule has 0 atom stereocenters. The van der Waals surface area contributed by atoms with Gasteiger partial charge in [0.05, 0.1) is 26.4 Å². The Balaban J connectivity index is 2.02. The molecule has 0 saturated carbocycles. The minimum atomic E-state index is -0.641. The van der Waals surface area contributed by atoms with Crippen LogP contribution in [0.4, 0.5) is 10.6 Å². The molecule has 0 aliphatic rings. The van der Waals surface area contributed by atoms with Crippen molar-refractivity contribution in [2.24, 2.45) is 0 Å². The number of hydrogen-bond acceptors (Lipinski definition) is 6. The molecule has 1 aromatic heterocycles. The van der Waals surface area contributed by atoms with Crippen LogP contribution in [-0.2, 0) is 27.4 Å². The van der Waals surface area contributed by atoms with Gasteiger partial charge in [0.25, 0.3) is 0 Å².